The molecule has 7 heteroatoms. The van der Waals surface area contributed by atoms with E-state index in [2.05, 4.69) is 31.2 Å². The van der Waals surface area contributed by atoms with Crippen LogP contribution in [0, 0.1) is 5.92 Å². The number of para-hydroxylation sites is 1. The molecule has 1 unspecified atom stereocenters. The van der Waals surface area contributed by atoms with E-state index in [0.29, 0.717) is 19.2 Å². The topological polar surface area (TPSA) is 67.4 Å². The van der Waals surface area contributed by atoms with E-state index in [1.165, 1.54) is 0 Å². The van der Waals surface area contributed by atoms with Gasteiger partial charge in [-0.1, -0.05) is 18.2 Å². The van der Waals surface area contributed by atoms with Gasteiger partial charge in [0.1, 0.15) is 0 Å². The minimum Gasteiger partial charge on any atom is -0.463 e. The Balaban J connectivity index is 1.50. The summed E-state index contributed by atoms with van der Waals surface area (Å²) in [6.07, 6.45) is 5.31. The molecular weight excluding hydrogens is 372 g/mol. The SMILES string of the molecule is O=C(Nc1ccccc1)N1CCCC(COc2ncc(Br)cn2)C1. The van der Waals surface area contributed by atoms with E-state index in [0.717, 1.165) is 29.5 Å². The van der Waals surface area contributed by atoms with Crippen LogP contribution in [-0.4, -0.2) is 40.6 Å². The van der Waals surface area contributed by atoms with Crippen LogP contribution in [0.2, 0.25) is 0 Å². The van der Waals surface area contributed by atoms with Crippen LogP contribution in [0.15, 0.2) is 47.2 Å². The molecule has 1 aliphatic rings. The van der Waals surface area contributed by atoms with Crippen LogP contribution in [0.5, 0.6) is 6.01 Å². The van der Waals surface area contributed by atoms with E-state index in [1.54, 1.807) is 12.4 Å². The van der Waals surface area contributed by atoms with Gasteiger partial charge in [-0.25, -0.2) is 14.8 Å². The lowest BCUT2D eigenvalue weighted by molar-refractivity contribution is 0.140. The molecule has 1 N–H and O–H groups in total. The maximum Gasteiger partial charge on any atom is 0.321 e. The summed E-state index contributed by atoms with van der Waals surface area (Å²) in [5.41, 5.74) is 0.809. The summed E-state index contributed by atoms with van der Waals surface area (Å²) in [5.74, 6) is 0.285. The second-order valence-electron chi connectivity index (χ2n) is 5.75. The number of aromatic nitrogens is 2. The van der Waals surface area contributed by atoms with Crippen LogP contribution in [0.3, 0.4) is 0 Å². The molecule has 1 aromatic carbocycles. The lowest BCUT2D eigenvalue weighted by atomic mass is 9.99. The van der Waals surface area contributed by atoms with Gasteiger partial charge < -0.3 is 15.0 Å². The predicted molar refractivity (Wildman–Crippen MR) is 95.0 cm³/mol. The second-order valence-corrected chi connectivity index (χ2v) is 6.66. The largest absolute Gasteiger partial charge is 0.463 e. The zero-order valence-corrected chi connectivity index (χ0v) is 14.8. The van der Waals surface area contributed by atoms with Crippen LogP contribution in [0.25, 0.3) is 0 Å². The van der Waals surface area contributed by atoms with Crippen LogP contribution in [0.4, 0.5) is 10.5 Å². The van der Waals surface area contributed by atoms with E-state index in [4.69, 9.17) is 4.74 Å². The Morgan fingerprint density at radius 2 is 2.04 bits per heavy atom. The minimum absolute atomic E-state index is 0.0641. The Hall–Kier alpha value is -2.15. The highest BCUT2D eigenvalue weighted by molar-refractivity contribution is 9.10. The molecule has 2 heterocycles. The molecule has 1 aromatic heterocycles. The fraction of sp³-hybridized carbons (Fsp3) is 0.353. The van der Waals surface area contributed by atoms with Crippen LogP contribution in [0.1, 0.15) is 12.8 Å². The Bertz CT molecular complexity index is 666. The predicted octanol–water partition coefficient (Wildman–Crippen LogP) is 3.56. The molecule has 126 valence electrons. The van der Waals surface area contributed by atoms with Gasteiger partial charge in [-0.2, -0.15) is 0 Å². The van der Waals surface area contributed by atoms with Crippen LogP contribution >= 0.6 is 15.9 Å². The van der Waals surface area contributed by atoms with E-state index in [9.17, 15) is 4.79 Å². The number of halogens is 1. The fourth-order valence-electron chi connectivity index (χ4n) is 2.68. The van der Waals surface area contributed by atoms with Gasteiger partial charge in [-0.05, 0) is 40.9 Å². The molecule has 1 fully saturated rings. The standard InChI is InChI=1S/C17H19BrN4O2/c18-14-9-19-16(20-10-14)24-12-13-5-4-8-22(11-13)17(23)21-15-6-2-1-3-7-15/h1-3,6-7,9-10,13H,4-5,8,11-12H2,(H,21,23). The lowest BCUT2D eigenvalue weighted by Gasteiger charge is -2.32. The molecule has 0 radical (unpaired) electrons. The highest BCUT2D eigenvalue weighted by atomic mass is 79.9. The van der Waals surface area contributed by atoms with Crippen molar-refractivity contribution in [3.8, 4) is 6.01 Å². The summed E-state index contributed by atoms with van der Waals surface area (Å²) in [6, 6.07) is 9.80. The first-order valence-electron chi connectivity index (χ1n) is 7.92. The number of ether oxygens (including phenoxy) is 1. The van der Waals surface area contributed by atoms with Gasteiger partial charge in [-0.15, -0.1) is 0 Å². The molecule has 2 amide bonds. The molecule has 0 aliphatic carbocycles. The number of carbonyl (C=O) groups excluding carboxylic acids is 1. The van der Waals surface area contributed by atoms with Crippen molar-refractivity contribution in [2.45, 2.75) is 12.8 Å². The monoisotopic (exact) mass is 390 g/mol. The maximum absolute atomic E-state index is 12.4. The summed E-state index contributed by atoms with van der Waals surface area (Å²) >= 11 is 3.29. The number of nitrogens with one attached hydrogen (secondary N) is 1. The molecule has 1 saturated heterocycles. The fourth-order valence-corrected chi connectivity index (χ4v) is 2.88. The van der Waals surface area contributed by atoms with Gasteiger partial charge in [0.25, 0.3) is 0 Å². The minimum atomic E-state index is -0.0641. The Morgan fingerprint density at radius 1 is 1.29 bits per heavy atom. The first-order chi connectivity index (χ1) is 11.7. The van der Waals surface area contributed by atoms with Crippen molar-refractivity contribution >= 4 is 27.6 Å². The van der Waals surface area contributed by atoms with E-state index >= 15 is 0 Å². The average molecular weight is 391 g/mol. The van der Waals surface area contributed by atoms with Gasteiger partial charge in [-0.3, -0.25) is 0 Å². The van der Waals surface area contributed by atoms with Gasteiger partial charge in [0, 0.05) is 37.1 Å². The first-order valence-corrected chi connectivity index (χ1v) is 8.71. The highest BCUT2D eigenvalue weighted by Gasteiger charge is 2.24. The zero-order valence-electron chi connectivity index (χ0n) is 13.2. The number of benzene rings is 1. The third-order valence-electron chi connectivity index (χ3n) is 3.88. The maximum atomic E-state index is 12.4. The third-order valence-corrected chi connectivity index (χ3v) is 4.29. The molecule has 0 saturated carbocycles. The van der Waals surface area contributed by atoms with Gasteiger partial charge >= 0.3 is 12.0 Å². The van der Waals surface area contributed by atoms with Gasteiger partial charge in [0.15, 0.2) is 0 Å². The van der Waals surface area contributed by atoms with Crippen molar-refractivity contribution in [2.24, 2.45) is 5.92 Å². The van der Waals surface area contributed by atoms with Gasteiger partial charge in [0.05, 0.1) is 11.1 Å². The van der Waals surface area contributed by atoms with Crippen molar-refractivity contribution in [2.75, 3.05) is 25.0 Å². The number of urea groups is 1. The third kappa shape index (κ3) is 4.67. The molecule has 1 aliphatic heterocycles. The number of rotatable bonds is 4. The number of likely N-dealkylation sites (tertiary alicyclic amines) is 1. The number of carbonyl (C=O) groups is 1. The van der Waals surface area contributed by atoms with Crippen molar-refractivity contribution in [3.63, 3.8) is 0 Å². The summed E-state index contributed by atoms with van der Waals surface area (Å²) < 4.78 is 6.46. The Kier molecular flexibility index (Phi) is 5.63. The van der Waals surface area contributed by atoms with Crippen molar-refractivity contribution in [3.05, 3.63) is 47.2 Å². The molecule has 0 spiro atoms. The molecule has 3 rings (SSSR count). The van der Waals surface area contributed by atoms with Crippen molar-refractivity contribution in [1.82, 2.24) is 14.9 Å². The highest BCUT2D eigenvalue weighted by Crippen LogP contribution is 2.19. The number of amides is 2. The number of nitrogens with zero attached hydrogens (tertiary/aromatic N) is 3. The quantitative estimate of drug-likeness (QED) is 0.866. The summed E-state index contributed by atoms with van der Waals surface area (Å²) in [7, 11) is 0. The van der Waals surface area contributed by atoms with Crippen LogP contribution in [-0.2, 0) is 0 Å². The van der Waals surface area contributed by atoms with E-state index < -0.39 is 0 Å². The zero-order chi connectivity index (χ0) is 16.8. The van der Waals surface area contributed by atoms with Crippen molar-refractivity contribution in [1.29, 1.82) is 0 Å². The first kappa shape index (κ1) is 16.7. The van der Waals surface area contributed by atoms with Gasteiger partial charge in [0.2, 0.25) is 0 Å². The lowest BCUT2D eigenvalue weighted by Crippen LogP contribution is -2.43. The molecule has 2 aromatic rings. The Morgan fingerprint density at radius 3 is 2.79 bits per heavy atom. The number of anilines is 1. The summed E-state index contributed by atoms with van der Waals surface area (Å²) in [4.78, 5) is 22.4. The number of hydrogen-bond donors (Lipinski definition) is 1. The molecular formula is C17H19BrN4O2. The molecule has 1 atom stereocenters. The van der Waals surface area contributed by atoms with Crippen LogP contribution < -0.4 is 10.1 Å². The van der Waals surface area contributed by atoms with E-state index in [1.807, 2.05) is 35.2 Å². The number of piperidine rings is 1. The molecule has 24 heavy (non-hydrogen) atoms. The summed E-state index contributed by atoms with van der Waals surface area (Å²) in [6.45, 7) is 1.95. The average Bonchev–Trinajstić information content (AvgIpc) is 2.62. The Labute approximate surface area is 149 Å². The van der Waals surface area contributed by atoms with Crippen molar-refractivity contribution < 1.29 is 9.53 Å². The molecule has 0 bridgehead atoms. The normalized spacial score (nSPS) is 17.4. The molecule has 6 nitrogen and oxygen atoms in total. The summed E-state index contributed by atoms with van der Waals surface area (Å²) in [5, 5.41) is 2.93. The second kappa shape index (κ2) is 8.10. The smallest absolute Gasteiger partial charge is 0.321 e. The number of hydrogen-bond acceptors (Lipinski definition) is 4. The van der Waals surface area contributed by atoms with E-state index in [-0.39, 0.29) is 11.9 Å².